The molecule has 1 aromatic heterocycles. The molecule has 0 saturated carbocycles. The first-order valence-corrected chi connectivity index (χ1v) is 10.3. The fourth-order valence-corrected chi connectivity index (χ4v) is 4.34. The van der Waals surface area contributed by atoms with Crippen molar-refractivity contribution in [3.8, 4) is 0 Å². The Balaban J connectivity index is 0.00000225. The van der Waals surface area contributed by atoms with Crippen LogP contribution in [0.2, 0.25) is 0 Å². The van der Waals surface area contributed by atoms with Crippen LogP contribution in [0.25, 0.3) is 0 Å². The van der Waals surface area contributed by atoms with Crippen molar-refractivity contribution in [3.63, 3.8) is 0 Å². The van der Waals surface area contributed by atoms with Gasteiger partial charge in [0, 0.05) is 76.8 Å². The first-order chi connectivity index (χ1) is 13.3. The number of anilines is 1. The lowest BCUT2D eigenvalue weighted by Gasteiger charge is -2.47. The summed E-state index contributed by atoms with van der Waals surface area (Å²) in [6.45, 7) is 11.8. The minimum Gasteiger partial charge on any atom is -0.357 e. The Kier molecular flexibility index (Phi) is 8.10. The van der Waals surface area contributed by atoms with Crippen LogP contribution in [0.5, 0.6) is 0 Å². The molecule has 1 aromatic rings. The molecule has 8 nitrogen and oxygen atoms in total. The molecule has 2 N–H and O–H groups in total. The number of nitrogens with one attached hydrogen (secondary N) is 2. The van der Waals surface area contributed by atoms with Gasteiger partial charge in [0.15, 0.2) is 5.96 Å². The molecule has 2 unspecified atom stereocenters. The van der Waals surface area contributed by atoms with Crippen molar-refractivity contribution in [2.75, 3.05) is 63.8 Å². The van der Waals surface area contributed by atoms with Crippen LogP contribution in [0.4, 0.5) is 5.95 Å². The molecule has 0 spiro atoms. The molecule has 0 aromatic carbocycles. The zero-order valence-electron chi connectivity index (χ0n) is 16.8. The standard InChI is InChI=1S/C19H32N8.HI/c1-2-20-18(23-13-17-15-25-9-11-26(17)12-10-25)24-16-5-3-8-27(14-16)19-21-6-4-7-22-19;/h4,6-7,16-17H,2-3,5,8-15H2,1H3,(H2,20,23,24);1H. The monoisotopic (exact) mass is 500 g/mol. The number of hydrogen-bond donors (Lipinski definition) is 2. The molecule has 4 aliphatic heterocycles. The van der Waals surface area contributed by atoms with E-state index in [1.54, 1.807) is 0 Å². The van der Waals surface area contributed by atoms with Gasteiger partial charge in [-0.1, -0.05) is 0 Å². The van der Waals surface area contributed by atoms with E-state index < -0.39 is 0 Å². The number of aromatic nitrogens is 2. The fourth-order valence-electron chi connectivity index (χ4n) is 4.34. The Morgan fingerprint density at radius 2 is 1.93 bits per heavy atom. The molecule has 4 saturated heterocycles. The van der Waals surface area contributed by atoms with E-state index in [9.17, 15) is 0 Å². The third kappa shape index (κ3) is 5.44. The van der Waals surface area contributed by atoms with Crippen LogP contribution in [0.3, 0.4) is 0 Å². The zero-order valence-corrected chi connectivity index (χ0v) is 19.1. The van der Waals surface area contributed by atoms with Crippen molar-refractivity contribution in [1.29, 1.82) is 0 Å². The predicted octanol–water partition coefficient (Wildman–Crippen LogP) is 0.618. The number of nitrogens with zero attached hydrogens (tertiary/aromatic N) is 6. The Hall–Kier alpha value is -1.20. The molecule has 2 atom stereocenters. The van der Waals surface area contributed by atoms with Crippen LogP contribution in [-0.2, 0) is 0 Å². The van der Waals surface area contributed by atoms with E-state index >= 15 is 0 Å². The van der Waals surface area contributed by atoms with Crippen LogP contribution < -0.4 is 15.5 Å². The molecular weight excluding hydrogens is 467 g/mol. The number of piperazine rings is 3. The summed E-state index contributed by atoms with van der Waals surface area (Å²) in [6.07, 6.45) is 5.92. The lowest BCUT2D eigenvalue weighted by Crippen LogP contribution is -2.62. The summed E-state index contributed by atoms with van der Waals surface area (Å²) in [5, 5.41) is 7.07. The Morgan fingerprint density at radius 1 is 1.14 bits per heavy atom. The first kappa shape index (κ1) is 21.5. The second-order valence-electron chi connectivity index (χ2n) is 7.69. The molecule has 28 heavy (non-hydrogen) atoms. The van der Waals surface area contributed by atoms with Gasteiger partial charge in [0.1, 0.15) is 0 Å². The van der Waals surface area contributed by atoms with Crippen molar-refractivity contribution in [2.24, 2.45) is 4.99 Å². The van der Waals surface area contributed by atoms with Gasteiger partial charge in [-0.2, -0.15) is 0 Å². The fraction of sp³-hybridized carbons (Fsp3) is 0.737. The summed E-state index contributed by atoms with van der Waals surface area (Å²) in [5.41, 5.74) is 0. The maximum Gasteiger partial charge on any atom is 0.225 e. The lowest BCUT2D eigenvalue weighted by molar-refractivity contribution is 0.0174. The third-order valence-corrected chi connectivity index (χ3v) is 5.79. The average molecular weight is 500 g/mol. The van der Waals surface area contributed by atoms with Gasteiger partial charge in [-0.15, -0.1) is 24.0 Å². The smallest absolute Gasteiger partial charge is 0.225 e. The van der Waals surface area contributed by atoms with Crippen LogP contribution in [0.1, 0.15) is 19.8 Å². The maximum absolute atomic E-state index is 4.92. The zero-order chi connectivity index (χ0) is 18.5. The molecule has 5 heterocycles. The number of piperidine rings is 1. The summed E-state index contributed by atoms with van der Waals surface area (Å²) in [7, 11) is 0. The van der Waals surface area contributed by atoms with Crippen LogP contribution in [0.15, 0.2) is 23.5 Å². The van der Waals surface area contributed by atoms with Crippen molar-refractivity contribution in [2.45, 2.75) is 31.8 Å². The van der Waals surface area contributed by atoms with E-state index in [-0.39, 0.29) is 24.0 Å². The van der Waals surface area contributed by atoms with E-state index in [0.717, 1.165) is 57.5 Å². The Morgan fingerprint density at radius 3 is 2.61 bits per heavy atom. The van der Waals surface area contributed by atoms with Crippen molar-refractivity contribution < 1.29 is 0 Å². The topological polar surface area (TPSA) is 71.9 Å². The van der Waals surface area contributed by atoms with Crippen molar-refractivity contribution >= 4 is 35.9 Å². The van der Waals surface area contributed by atoms with E-state index in [1.165, 1.54) is 26.2 Å². The Bertz CT molecular complexity index is 620. The number of guanidine groups is 1. The van der Waals surface area contributed by atoms with Gasteiger partial charge in [0.2, 0.25) is 5.95 Å². The van der Waals surface area contributed by atoms with Gasteiger partial charge >= 0.3 is 0 Å². The van der Waals surface area contributed by atoms with Crippen molar-refractivity contribution in [1.82, 2.24) is 30.4 Å². The molecule has 5 rings (SSSR count). The largest absolute Gasteiger partial charge is 0.357 e. The summed E-state index contributed by atoms with van der Waals surface area (Å²) >= 11 is 0. The molecule has 2 bridgehead atoms. The van der Waals surface area contributed by atoms with Gasteiger partial charge in [0.05, 0.1) is 6.54 Å². The maximum atomic E-state index is 4.92. The number of fused-ring (bicyclic) bond motifs is 3. The predicted molar refractivity (Wildman–Crippen MR) is 124 cm³/mol. The quantitative estimate of drug-likeness (QED) is 0.349. The first-order valence-electron chi connectivity index (χ1n) is 10.3. The van der Waals surface area contributed by atoms with E-state index in [4.69, 9.17) is 4.99 Å². The molecule has 0 aliphatic carbocycles. The molecule has 4 fully saturated rings. The second kappa shape index (κ2) is 10.5. The van der Waals surface area contributed by atoms with Gasteiger partial charge in [-0.25, -0.2) is 9.97 Å². The second-order valence-corrected chi connectivity index (χ2v) is 7.69. The van der Waals surface area contributed by atoms with Gasteiger partial charge in [0.25, 0.3) is 0 Å². The van der Waals surface area contributed by atoms with Crippen molar-refractivity contribution in [3.05, 3.63) is 18.5 Å². The summed E-state index contributed by atoms with van der Waals surface area (Å²) in [4.78, 5) is 21.2. The molecule has 9 heteroatoms. The highest BCUT2D eigenvalue weighted by Gasteiger charge is 2.31. The van der Waals surface area contributed by atoms with E-state index in [1.807, 2.05) is 18.5 Å². The van der Waals surface area contributed by atoms with E-state index in [2.05, 4.69) is 42.2 Å². The summed E-state index contributed by atoms with van der Waals surface area (Å²) in [5.74, 6) is 1.77. The SMILES string of the molecule is CCNC(=NCC1CN2CCN1CC2)NC1CCCN(c2ncccn2)C1.I. The number of aliphatic imine (C=N–C) groups is 1. The van der Waals surface area contributed by atoms with Gasteiger partial charge < -0.3 is 15.5 Å². The van der Waals surface area contributed by atoms with Gasteiger partial charge in [-0.3, -0.25) is 14.8 Å². The molecule has 156 valence electrons. The summed E-state index contributed by atoms with van der Waals surface area (Å²) < 4.78 is 0. The number of rotatable bonds is 5. The number of halogens is 1. The highest BCUT2D eigenvalue weighted by atomic mass is 127. The highest BCUT2D eigenvalue weighted by Crippen LogP contribution is 2.17. The normalized spacial score (nSPS) is 29.9. The van der Waals surface area contributed by atoms with E-state index in [0.29, 0.717) is 12.1 Å². The average Bonchev–Trinajstić information content (AvgIpc) is 2.74. The molecule has 0 amide bonds. The summed E-state index contributed by atoms with van der Waals surface area (Å²) in [6, 6.07) is 2.79. The molecule has 0 radical (unpaired) electrons. The number of hydrogen-bond acceptors (Lipinski definition) is 6. The van der Waals surface area contributed by atoms with Crippen LogP contribution in [0, 0.1) is 0 Å². The molecular formula is C19H33IN8. The van der Waals surface area contributed by atoms with Crippen LogP contribution >= 0.6 is 24.0 Å². The van der Waals surface area contributed by atoms with Gasteiger partial charge in [-0.05, 0) is 25.8 Å². The third-order valence-electron chi connectivity index (χ3n) is 5.79. The Labute approximate surface area is 185 Å². The highest BCUT2D eigenvalue weighted by molar-refractivity contribution is 14.0. The van der Waals surface area contributed by atoms with Crippen LogP contribution in [-0.4, -0.2) is 96.7 Å². The lowest BCUT2D eigenvalue weighted by atomic mass is 10.1. The minimum absolute atomic E-state index is 0. The minimum atomic E-state index is 0. The molecule has 4 aliphatic rings.